The molecule has 5 nitrogen and oxygen atoms in total. The highest BCUT2D eigenvalue weighted by Crippen LogP contribution is 2.31. The van der Waals surface area contributed by atoms with Crippen molar-refractivity contribution >= 4 is 17.5 Å². The first-order chi connectivity index (χ1) is 11.4. The number of hydrogen-bond donors (Lipinski definition) is 1. The topological polar surface area (TPSA) is 50.2 Å². The van der Waals surface area contributed by atoms with Crippen LogP contribution >= 0.6 is 11.6 Å². The van der Waals surface area contributed by atoms with Crippen LogP contribution in [-0.4, -0.2) is 46.8 Å². The van der Waals surface area contributed by atoms with Crippen LogP contribution in [0.25, 0.3) is 11.3 Å². The average Bonchev–Trinajstić information content (AvgIpc) is 3.01. The van der Waals surface area contributed by atoms with Gasteiger partial charge in [0.15, 0.2) is 0 Å². The third kappa shape index (κ3) is 3.32. The molecule has 1 aromatic heterocycles. The minimum atomic E-state index is -0.210. The van der Waals surface area contributed by atoms with Crippen LogP contribution in [0.5, 0.6) is 0 Å². The third-order valence-corrected chi connectivity index (χ3v) is 4.49. The molecule has 2 aromatic rings. The van der Waals surface area contributed by atoms with Gasteiger partial charge in [-0.25, -0.2) is 0 Å². The normalized spacial score (nSPS) is 15.6. The van der Waals surface area contributed by atoms with Gasteiger partial charge in [-0.1, -0.05) is 29.8 Å². The second-order valence-corrected chi connectivity index (χ2v) is 7.44. The van der Waals surface area contributed by atoms with E-state index in [0.29, 0.717) is 29.4 Å². The summed E-state index contributed by atoms with van der Waals surface area (Å²) in [7, 11) is 0. The fraction of sp³-hybridized carbons (Fsp3) is 0.444. The summed E-state index contributed by atoms with van der Waals surface area (Å²) in [5, 5.41) is 8.57. The lowest BCUT2D eigenvalue weighted by atomic mass is 10.1. The molecular weight excluding hydrogens is 324 g/mol. The molecule has 1 aliphatic rings. The first kappa shape index (κ1) is 17.0. The van der Waals surface area contributed by atoms with Crippen LogP contribution in [0.2, 0.25) is 5.02 Å². The molecule has 0 spiro atoms. The molecule has 3 rings (SSSR count). The summed E-state index contributed by atoms with van der Waals surface area (Å²) in [6, 6.07) is 7.53. The first-order valence-electron chi connectivity index (χ1n) is 8.23. The second kappa shape index (κ2) is 6.57. The molecule has 128 valence electrons. The molecule has 0 saturated carbocycles. The van der Waals surface area contributed by atoms with Crippen molar-refractivity contribution in [3.8, 4) is 11.3 Å². The monoisotopic (exact) mass is 346 g/mol. The van der Waals surface area contributed by atoms with E-state index in [1.54, 1.807) is 0 Å². The van der Waals surface area contributed by atoms with E-state index in [-0.39, 0.29) is 11.4 Å². The second-order valence-electron chi connectivity index (χ2n) is 7.03. The zero-order valence-corrected chi connectivity index (χ0v) is 15.1. The van der Waals surface area contributed by atoms with Gasteiger partial charge in [0.05, 0.1) is 16.1 Å². The van der Waals surface area contributed by atoms with Crippen molar-refractivity contribution < 1.29 is 4.79 Å². The molecule has 0 unspecified atom stereocenters. The molecule has 1 N–H and O–H groups in total. The minimum Gasteiger partial charge on any atom is -0.336 e. The Morgan fingerprint density at radius 1 is 1.21 bits per heavy atom. The molecule has 0 radical (unpaired) electrons. The molecule has 1 aliphatic heterocycles. The minimum absolute atomic E-state index is 0.0157. The Kier molecular flexibility index (Phi) is 4.65. The number of piperazine rings is 1. The standard InChI is InChI=1S/C18H23ClN4O/c1-18(2,3)23-12-14(17(24)22-10-8-20-9-11-22)16(21-23)13-6-4-5-7-15(13)19/h4-7,12,20H,8-11H2,1-3H3. The summed E-state index contributed by atoms with van der Waals surface area (Å²) in [6.45, 7) is 9.25. The lowest BCUT2D eigenvalue weighted by Gasteiger charge is -2.27. The lowest BCUT2D eigenvalue weighted by Crippen LogP contribution is -2.46. The fourth-order valence-corrected chi connectivity index (χ4v) is 2.99. The zero-order valence-electron chi connectivity index (χ0n) is 14.3. The predicted molar refractivity (Wildman–Crippen MR) is 96.4 cm³/mol. The van der Waals surface area contributed by atoms with Crippen molar-refractivity contribution in [3.05, 3.63) is 41.0 Å². The number of amides is 1. The van der Waals surface area contributed by atoms with E-state index in [2.05, 4.69) is 26.1 Å². The fourth-order valence-electron chi connectivity index (χ4n) is 2.76. The van der Waals surface area contributed by atoms with Gasteiger partial charge in [-0.15, -0.1) is 0 Å². The number of hydrogen-bond acceptors (Lipinski definition) is 3. The molecule has 1 fully saturated rings. The Morgan fingerprint density at radius 3 is 2.50 bits per heavy atom. The van der Waals surface area contributed by atoms with Gasteiger partial charge in [0, 0.05) is 37.9 Å². The van der Waals surface area contributed by atoms with Crippen LogP contribution in [0.3, 0.4) is 0 Å². The smallest absolute Gasteiger partial charge is 0.257 e. The van der Waals surface area contributed by atoms with Crippen molar-refractivity contribution in [1.29, 1.82) is 0 Å². The van der Waals surface area contributed by atoms with Crippen LogP contribution in [0.15, 0.2) is 30.5 Å². The van der Waals surface area contributed by atoms with E-state index >= 15 is 0 Å². The van der Waals surface area contributed by atoms with Crippen molar-refractivity contribution in [2.24, 2.45) is 0 Å². The van der Waals surface area contributed by atoms with Gasteiger partial charge in [0.2, 0.25) is 0 Å². The van der Waals surface area contributed by atoms with Gasteiger partial charge in [-0.2, -0.15) is 5.10 Å². The summed E-state index contributed by atoms with van der Waals surface area (Å²) >= 11 is 6.36. The van der Waals surface area contributed by atoms with Gasteiger partial charge >= 0.3 is 0 Å². The number of carbonyl (C=O) groups excluding carboxylic acids is 1. The Balaban J connectivity index is 2.08. The molecule has 2 heterocycles. The van der Waals surface area contributed by atoms with Gasteiger partial charge in [-0.3, -0.25) is 9.48 Å². The van der Waals surface area contributed by atoms with E-state index < -0.39 is 0 Å². The number of nitrogens with one attached hydrogen (secondary N) is 1. The maximum atomic E-state index is 13.0. The quantitative estimate of drug-likeness (QED) is 0.909. The average molecular weight is 347 g/mol. The zero-order chi connectivity index (χ0) is 17.3. The van der Waals surface area contributed by atoms with Gasteiger partial charge in [-0.05, 0) is 26.8 Å². The molecule has 1 saturated heterocycles. The highest BCUT2D eigenvalue weighted by molar-refractivity contribution is 6.33. The Labute approximate surface area is 147 Å². The number of carbonyl (C=O) groups is 1. The van der Waals surface area contributed by atoms with Crippen LogP contribution in [0.1, 0.15) is 31.1 Å². The molecule has 0 atom stereocenters. The number of halogens is 1. The Hall–Kier alpha value is -1.85. The molecule has 24 heavy (non-hydrogen) atoms. The van der Waals surface area contributed by atoms with E-state index in [1.807, 2.05) is 40.0 Å². The first-order valence-corrected chi connectivity index (χ1v) is 8.61. The van der Waals surface area contributed by atoms with Crippen LogP contribution < -0.4 is 5.32 Å². The summed E-state index contributed by atoms with van der Waals surface area (Å²) < 4.78 is 1.85. The van der Waals surface area contributed by atoms with Gasteiger partial charge in [0.1, 0.15) is 5.69 Å². The largest absolute Gasteiger partial charge is 0.336 e. The third-order valence-electron chi connectivity index (χ3n) is 4.17. The molecule has 0 aliphatic carbocycles. The van der Waals surface area contributed by atoms with Crippen molar-refractivity contribution in [2.75, 3.05) is 26.2 Å². The number of aromatic nitrogens is 2. The molecule has 1 aromatic carbocycles. The van der Waals surface area contributed by atoms with E-state index in [0.717, 1.165) is 18.7 Å². The summed E-state index contributed by atoms with van der Waals surface area (Å²) in [6.07, 6.45) is 1.85. The Morgan fingerprint density at radius 2 is 1.88 bits per heavy atom. The summed E-state index contributed by atoms with van der Waals surface area (Å²) in [5.41, 5.74) is 1.84. The highest BCUT2D eigenvalue weighted by atomic mass is 35.5. The molecule has 1 amide bonds. The Bertz CT molecular complexity index is 742. The van der Waals surface area contributed by atoms with Crippen molar-refractivity contribution in [1.82, 2.24) is 20.0 Å². The lowest BCUT2D eigenvalue weighted by molar-refractivity contribution is 0.0736. The maximum Gasteiger partial charge on any atom is 0.257 e. The number of benzene rings is 1. The van der Waals surface area contributed by atoms with Gasteiger partial charge in [0.25, 0.3) is 5.91 Å². The molecule has 0 bridgehead atoms. The van der Waals surface area contributed by atoms with Gasteiger partial charge < -0.3 is 10.2 Å². The number of nitrogens with zero attached hydrogens (tertiary/aromatic N) is 3. The van der Waals surface area contributed by atoms with E-state index in [4.69, 9.17) is 16.7 Å². The number of rotatable bonds is 2. The van der Waals surface area contributed by atoms with E-state index in [1.165, 1.54) is 0 Å². The van der Waals surface area contributed by atoms with Crippen molar-refractivity contribution in [3.63, 3.8) is 0 Å². The highest BCUT2D eigenvalue weighted by Gasteiger charge is 2.27. The maximum absolute atomic E-state index is 13.0. The summed E-state index contributed by atoms with van der Waals surface area (Å²) in [5.74, 6) is 0.0157. The predicted octanol–water partition coefficient (Wildman–Crippen LogP) is 3.00. The SMILES string of the molecule is CC(C)(C)n1cc(C(=O)N2CCNCC2)c(-c2ccccc2Cl)n1. The summed E-state index contributed by atoms with van der Waals surface area (Å²) in [4.78, 5) is 14.9. The molecular formula is C18H23ClN4O. The van der Waals surface area contributed by atoms with Crippen molar-refractivity contribution in [2.45, 2.75) is 26.3 Å². The molecule has 6 heteroatoms. The van der Waals surface area contributed by atoms with Crippen LogP contribution in [-0.2, 0) is 5.54 Å². The van der Waals surface area contributed by atoms with E-state index in [9.17, 15) is 4.79 Å². The van der Waals surface area contributed by atoms with Crippen LogP contribution in [0, 0.1) is 0 Å². The van der Waals surface area contributed by atoms with Crippen LogP contribution in [0.4, 0.5) is 0 Å².